The summed E-state index contributed by atoms with van der Waals surface area (Å²) in [5, 5.41) is 9.36. The largest absolute Gasteiger partial charge is 0.481 e. The second-order valence-electron chi connectivity index (χ2n) is 4.22. The van der Waals surface area contributed by atoms with Crippen LogP contribution in [0.15, 0.2) is 35.3 Å². The van der Waals surface area contributed by atoms with Gasteiger partial charge in [0.2, 0.25) is 0 Å². The van der Waals surface area contributed by atoms with Gasteiger partial charge in [0, 0.05) is 24.2 Å². The van der Waals surface area contributed by atoms with Crippen LogP contribution in [0.5, 0.6) is 0 Å². The Morgan fingerprint density at radius 2 is 2.11 bits per heavy atom. The van der Waals surface area contributed by atoms with Crippen LogP contribution in [0.4, 0.5) is 0 Å². The minimum absolute atomic E-state index is 0.0214. The number of nitrogens with zero attached hydrogens (tertiary/aromatic N) is 1. The van der Waals surface area contributed by atoms with Gasteiger partial charge in [-0.1, -0.05) is 13.0 Å². The Kier molecular flexibility index (Phi) is 3.46. The summed E-state index contributed by atoms with van der Waals surface area (Å²) in [4.78, 5) is 22.4. The lowest BCUT2D eigenvalue weighted by Gasteiger charge is -2.10. The number of fused-ring (bicyclic) bond motifs is 1. The van der Waals surface area contributed by atoms with Gasteiger partial charge in [-0.3, -0.25) is 9.59 Å². The van der Waals surface area contributed by atoms with Gasteiger partial charge < -0.3 is 9.67 Å². The van der Waals surface area contributed by atoms with E-state index >= 15 is 0 Å². The lowest BCUT2D eigenvalue weighted by atomic mass is 10.1. The van der Waals surface area contributed by atoms with Crippen molar-refractivity contribution < 1.29 is 9.90 Å². The van der Waals surface area contributed by atoms with E-state index in [0.717, 1.165) is 17.5 Å². The SMILES string of the molecule is CCc1ccc2c(c1)c(=O)ccn2CCC(=O)O. The number of carboxylic acids is 1. The number of carbonyl (C=O) groups is 1. The highest BCUT2D eigenvalue weighted by atomic mass is 16.4. The Hall–Kier alpha value is -2.10. The summed E-state index contributed by atoms with van der Waals surface area (Å²) in [5.74, 6) is -0.841. The number of pyridine rings is 1. The van der Waals surface area contributed by atoms with Crippen molar-refractivity contribution in [2.45, 2.75) is 26.3 Å². The molecule has 0 aliphatic carbocycles. The summed E-state index contributed by atoms with van der Waals surface area (Å²) in [6.45, 7) is 2.41. The van der Waals surface area contributed by atoms with Crippen molar-refractivity contribution in [3.8, 4) is 0 Å². The predicted molar refractivity (Wildman–Crippen MR) is 69.8 cm³/mol. The van der Waals surface area contributed by atoms with E-state index in [1.807, 2.05) is 29.7 Å². The van der Waals surface area contributed by atoms with Crippen LogP contribution in [0, 0.1) is 0 Å². The normalized spacial score (nSPS) is 10.7. The van der Waals surface area contributed by atoms with Crippen molar-refractivity contribution in [3.63, 3.8) is 0 Å². The van der Waals surface area contributed by atoms with Gasteiger partial charge in [0.05, 0.1) is 11.9 Å². The van der Waals surface area contributed by atoms with E-state index in [2.05, 4.69) is 0 Å². The van der Waals surface area contributed by atoms with Crippen molar-refractivity contribution >= 4 is 16.9 Å². The highest BCUT2D eigenvalue weighted by molar-refractivity contribution is 5.79. The Labute approximate surface area is 104 Å². The molecule has 0 spiro atoms. The van der Waals surface area contributed by atoms with Gasteiger partial charge >= 0.3 is 5.97 Å². The van der Waals surface area contributed by atoms with Gasteiger partial charge in [-0.15, -0.1) is 0 Å². The third-order valence-corrected chi connectivity index (χ3v) is 3.02. The molecule has 0 saturated carbocycles. The second-order valence-corrected chi connectivity index (χ2v) is 4.22. The monoisotopic (exact) mass is 245 g/mol. The predicted octanol–water partition coefficient (Wildman–Crippen LogP) is 2.04. The van der Waals surface area contributed by atoms with E-state index in [9.17, 15) is 9.59 Å². The van der Waals surface area contributed by atoms with Crippen LogP contribution >= 0.6 is 0 Å². The molecule has 0 amide bonds. The summed E-state index contributed by atoms with van der Waals surface area (Å²) < 4.78 is 1.81. The van der Waals surface area contributed by atoms with Crippen molar-refractivity contribution in [2.75, 3.05) is 0 Å². The maximum Gasteiger partial charge on any atom is 0.305 e. The first-order valence-corrected chi connectivity index (χ1v) is 5.95. The molecule has 0 aliphatic heterocycles. The highest BCUT2D eigenvalue weighted by Gasteiger charge is 2.05. The molecule has 0 unspecified atom stereocenters. The van der Waals surface area contributed by atoms with Gasteiger partial charge in [-0.25, -0.2) is 0 Å². The number of hydrogen-bond donors (Lipinski definition) is 1. The van der Waals surface area contributed by atoms with Crippen LogP contribution in [0.3, 0.4) is 0 Å². The topological polar surface area (TPSA) is 59.3 Å². The summed E-state index contributed by atoms with van der Waals surface area (Å²) in [6.07, 6.45) is 2.58. The zero-order valence-electron chi connectivity index (χ0n) is 10.2. The smallest absolute Gasteiger partial charge is 0.305 e. The summed E-state index contributed by atoms with van der Waals surface area (Å²) in [5.41, 5.74) is 1.88. The van der Waals surface area contributed by atoms with Crippen LogP contribution < -0.4 is 5.43 Å². The molecule has 94 valence electrons. The Morgan fingerprint density at radius 3 is 2.78 bits per heavy atom. The number of hydrogen-bond acceptors (Lipinski definition) is 2. The Morgan fingerprint density at radius 1 is 1.33 bits per heavy atom. The fourth-order valence-electron chi connectivity index (χ4n) is 1.99. The van der Waals surface area contributed by atoms with Gasteiger partial charge in [-0.2, -0.15) is 0 Å². The zero-order chi connectivity index (χ0) is 13.1. The summed E-state index contributed by atoms with van der Waals surface area (Å²) >= 11 is 0. The van der Waals surface area contributed by atoms with Gasteiger partial charge in [-0.05, 0) is 24.1 Å². The highest BCUT2D eigenvalue weighted by Crippen LogP contribution is 2.13. The number of rotatable bonds is 4. The molecule has 4 nitrogen and oxygen atoms in total. The standard InChI is InChI=1S/C14H15NO3/c1-2-10-3-4-12-11(9-10)13(16)5-7-15(12)8-6-14(17)18/h3-5,7,9H,2,6,8H2,1H3,(H,17,18). The van der Waals surface area contributed by atoms with Crippen molar-refractivity contribution in [1.82, 2.24) is 4.57 Å². The molecule has 0 bridgehead atoms. The molecule has 0 saturated heterocycles. The van der Waals surface area contributed by atoms with Crippen LogP contribution in [0.25, 0.3) is 10.9 Å². The summed E-state index contributed by atoms with van der Waals surface area (Å²) in [7, 11) is 0. The van der Waals surface area contributed by atoms with Crippen molar-refractivity contribution in [2.24, 2.45) is 0 Å². The van der Waals surface area contributed by atoms with E-state index in [0.29, 0.717) is 11.9 Å². The Bertz CT molecular complexity index is 643. The molecular formula is C14H15NO3. The molecule has 0 radical (unpaired) electrons. The average Bonchev–Trinajstić information content (AvgIpc) is 2.37. The average molecular weight is 245 g/mol. The second kappa shape index (κ2) is 5.04. The maximum atomic E-state index is 11.8. The number of aromatic nitrogens is 1. The van der Waals surface area contributed by atoms with Gasteiger partial charge in [0.25, 0.3) is 0 Å². The van der Waals surface area contributed by atoms with E-state index in [1.54, 1.807) is 6.20 Å². The number of benzene rings is 1. The minimum atomic E-state index is -0.841. The molecule has 0 fully saturated rings. The van der Waals surface area contributed by atoms with Gasteiger partial charge in [0.1, 0.15) is 0 Å². The van der Waals surface area contributed by atoms with Gasteiger partial charge in [0.15, 0.2) is 5.43 Å². The first-order valence-electron chi connectivity index (χ1n) is 5.95. The fraction of sp³-hybridized carbons (Fsp3) is 0.286. The molecule has 0 aliphatic rings. The number of carboxylic acid groups (broad SMARTS) is 1. The zero-order valence-corrected chi connectivity index (χ0v) is 10.2. The molecule has 2 aromatic rings. The first-order chi connectivity index (χ1) is 8.61. The van der Waals surface area contributed by atoms with E-state index in [4.69, 9.17) is 5.11 Å². The maximum absolute atomic E-state index is 11.8. The molecule has 1 N–H and O–H groups in total. The van der Waals surface area contributed by atoms with E-state index in [1.165, 1.54) is 6.07 Å². The van der Waals surface area contributed by atoms with Crippen LogP contribution in [0.1, 0.15) is 18.9 Å². The molecule has 0 atom stereocenters. The third-order valence-electron chi connectivity index (χ3n) is 3.02. The first kappa shape index (κ1) is 12.4. The molecule has 4 heteroatoms. The Balaban J connectivity index is 2.52. The van der Waals surface area contributed by atoms with Crippen molar-refractivity contribution in [1.29, 1.82) is 0 Å². The minimum Gasteiger partial charge on any atom is -0.481 e. The van der Waals surface area contributed by atoms with Crippen LogP contribution in [-0.2, 0) is 17.8 Å². The summed E-state index contributed by atoms with van der Waals surface area (Å²) in [6, 6.07) is 7.23. The van der Waals surface area contributed by atoms with Crippen molar-refractivity contribution in [3.05, 3.63) is 46.2 Å². The molecule has 1 heterocycles. The molecule has 1 aromatic carbocycles. The molecular weight excluding hydrogens is 230 g/mol. The van der Waals surface area contributed by atoms with Crippen LogP contribution in [0.2, 0.25) is 0 Å². The van der Waals surface area contributed by atoms with E-state index in [-0.39, 0.29) is 11.8 Å². The molecule has 1 aromatic heterocycles. The quantitative estimate of drug-likeness (QED) is 0.896. The van der Waals surface area contributed by atoms with Crippen LogP contribution in [-0.4, -0.2) is 15.6 Å². The third kappa shape index (κ3) is 2.42. The van der Waals surface area contributed by atoms with E-state index < -0.39 is 5.97 Å². The number of aliphatic carboxylic acids is 1. The molecule has 18 heavy (non-hydrogen) atoms. The lowest BCUT2D eigenvalue weighted by molar-refractivity contribution is -0.137. The lowest BCUT2D eigenvalue weighted by Crippen LogP contribution is -2.10. The fourth-order valence-corrected chi connectivity index (χ4v) is 1.99. The number of aryl methyl sites for hydroxylation is 2. The molecule has 2 rings (SSSR count).